The third-order valence-corrected chi connectivity index (χ3v) is 11.5. The van der Waals surface area contributed by atoms with Gasteiger partial charge in [0, 0.05) is 95.4 Å². The number of rotatable bonds is 14. The minimum Gasteiger partial charge on any atom is -0.496 e. The number of methoxy groups -OCH3 is 2. The second-order valence-corrected chi connectivity index (χ2v) is 15.4. The Kier molecular flexibility index (Phi) is 14.5. The highest BCUT2D eigenvalue weighted by molar-refractivity contribution is 6.06. The Morgan fingerprint density at radius 1 is 1.00 bits per heavy atom. The van der Waals surface area contributed by atoms with Gasteiger partial charge in [-0.15, -0.1) is 0 Å². The molecular formula is C44H49N7O12. The van der Waals surface area contributed by atoms with Gasteiger partial charge in [-0.05, 0) is 66.1 Å². The maximum Gasteiger partial charge on any atom is 0.290 e. The van der Waals surface area contributed by atoms with Gasteiger partial charge in [0.2, 0.25) is 17.7 Å². The molecule has 0 spiro atoms. The van der Waals surface area contributed by atoms with E-state index in [9.17, 15) is 33.6 Å². The quantitative estimate of drug-likeness (QED) is 0.120. The number of imide groups is 1. The first-order valence-electron chi connectivity index (χ1n) is 20.2. The molecule has 2 aliphatic heterocycles. The van der Waals surface area contributed by atoms with Crippen LogP contribution in [0.1, 0.15) is 45.5 Å². The van der Waals surface area contributed by atoms with Gasteiger partial charge < -0.3 is 39.0 Å². The van der Waals surface area contributed by atoms with Crippen LogP contribution in [0.2, 0.25) is 0 Å². The summed E-state index contributed by atoms with van der Waals surface area (Å²) in [7, 11) is 6.38. The van der Waals surface area contributed by atoms with Gasteiger partial charge in [0.15, 0.2) is 12.9 Å². The van der Waals surface area contributed by atoms with Crippen LogP contribution in [0.15, 0.2) is 59.8 Å². The second kappa shape index (κ2) is 20.1. The van der Waals surface area contributed by atoms with Crippen molar-refractivity contribution in [3.8, 4) is 28.4 Å². The van der Waals surface area contributed by atoms with E-state index < -0.39 is 29.7 Å². The Labute approximate surface area is 361 Å². The summed E-state index contributed by atoms with van der Waals surface area (Å²) < 4.78 is 18.9. The molecule has 0 bridgehead atoms. The number of likely N-dealkylation sites (N-methyl/N-ethyl adjacent to an activating group) is 1. The van der Waals surface area contributed by atoms with Crippen molar-refractivity contribution in [1.82, 2.24) is 34.9 Å². The number of nitrogens with one attached hydrogen (secondary N) is 2. The van der Waals surface area contributed by atoms with E-state index >= 15 is 0 Å². The fourth-order valence-electron chi connectivity index (χ4n) is 7.95. The largest absolute Gasteiger partial charge is 0.496 e. The fourth-order valence-corrected chi connectivity index (χ4v) is 7.95. The predicted molar refractivity (Wildman–Crippen MR) is 226 cm³/mol. The van der Waals surface area contributed by atoms with Gasteiger partial charge in [0.05, 0.1) is 30.7 Å². The summed E-state index contributed by atoms with van der Waals surface area (Å²) >= 11 is 0. The summed E-state index contributed by atoms with van der Waals surface area (Å²) in [5, 5.41) is 13.2. The monoisotopic (exact) mass is 867 g/mol. The first-order valence-corrected chi connectivity index (χ1v) is 20.2. The maximum absolute atomic E-state index is 13.4. The summed E-state index contributed by atoms with van der Waals surface area (Å²) in [6, 6.07) is 9.09. The van der Waals surface area contributed by atoms with Gasteiger partial charge in [-0.25, -0.2) is 0 Å². The number of fused-ring (bicyclic) bond motifs is 1. The van der Waals surface area contributed by atoms with E-state index in [1.54, 1.807) is 44.4 Å². The Hall–Kier alpha value is -7.15. The maximum atomic E-state index is 13.4. The molecule has 19 nitrogen and oxygen atoms in total. The molecule has 4 heterocycles. The van der Waals surface area contributed by atoms with Crippen LogP contribution in [0.5, 0.6) is 17.2 Å². The van der Waals surface area contributed by atoms with Crippen molar-refractivity contribution >= 4 is 53.1 Å². The summed E-state index contributed by atoms with van der Waals surface area (Å²) in [6.07, 6.45) is 6.49. The summed E-state index contributed by atoms with van der Waals surface area (Å²) in [4.78, 5) is 105. The topological polar surface area (TPSA) is 236 Å². The summed E-state index contributed by atoms with van der Waals surface area (Å²) in [5.74, 6) is -0.522. The average molecular weight is 868 g/mol. The Bertz CT molecular complexity index is 2460. The van der Waals surface area contributed by atoms with Crippen molar-refractivity contribution in [2.45, 2.75) is 31.8 Å². The molecule has 332 valence electrons. The smallest absolute Gasteiger partial charge is 0.290 e. The van der Waals surface area contributed by atoms with Gasteiger partial charge >= 0.3 is 0 Å². The lowest BCUT2D eigenvalue weighted by Gasteiger charge is -2.35. The summed E-state index contributed by atoms with van der Waals surface area (Å²) in [5.41, 5.74) is 2.52. The zero-order valence-corrected chi connectivity index (χ0v) is 35.3. The number of carboxylic acid groups (broad SMARTS) is 1. The van der Waals surface area contributed by atoms with Crippen LogP contribution in [0, 0.1) is 11.8 Å². The number of pyridine rings is 2. The van der Waals surface area contributed by atoms with Crippen LogP contribution in [0.4, 0.5) is 0 Å². The van der Waals surface area contributed by atoms with Crippen molar-refractivity contribution < 1.29 is 52.9 Å². The molecule has 3 unspecified atom stereocenters. The first kappa shape index (κ1) is 45.4. The molecule has 4 aromatic rings. The number of aryl methyl sites for hydroxylation is 1. The highest BCUT2D eigenvalue weighted by atomic mass is 16.5. The number of amides is 5. The van der Waals surface area contributed by atoms with Crippen LogP contribution in [0.3, 0.4) is 0 Å². The zero-order chi connectivity index (χ0) is 45.4. The second-order valence-electron chi connectivity index (χ2n) is 15.4. The number of benzene rings is 2. The molecule has 2 saturated heterocycles. The van der Waals surface area contributed by atoms with E-state index in [2.05, 4.69) is 20.5 Å². The van der Waals surface area contributed by atoms with Crippen molar-refractivity contribution in [2.24, 2.45) is 18.9 Å². The van der Waals surface area contributed by atoms with Gasteiger partial charge in [0.1, 0.15) is 23.3 Å². The zero-order valence-electron chi connectivity index (χ0n) is 35.3. The van der Waals surface area contributed by atoms with Crippen LogP contribution in [0.25, 0.3) is 21.9 Å². The highest BCUT2D eigenvalue weighted by Gasteiger charge is 2.45. The van der Waals surface area contributed by atoms with Gasteiger partial charge in [-0.3, -0.25) is 53.6 Å². The van der Waals surface area contributed by atoms with Crippen LogP contribution in [-0.2, 0) is 37.6 Å². The number of ether oxygens (including phenoxy) is 3. The molecule has 7 rings (SSSR count). The lowest BCUT2D eigenvalue weighted by Crippen LogP contribution is -2.53. The van der Waals surface area contributed by atoms with Crippen molar-refractivity contribution in [3.63, 3.8) is 0 Å². The Morgan fingerprint density at radius 2 is 1.70 bits per heavy atom. The molecule has 2 aromatic carbocycles. The predicted octanol–water partition coefficient (Wildman–Crippen LogP) is 1.48. The average Bonchev–Trinajstić information content (AvgIpc) is 4.08. The van der Waals surface area contributed by atoms with E-state index in [1.807, 2.05) is 23.1 Å². The number of carbonyl (C=O) groups is 7. The van der Waals surface area contributed by atoms with Gasteiger partial charge in [0.25, 0.3) is 23.8 Å². The van der Waals surface area contributed by atoms with Crippen molar-refractivity contribution in [3.05, 3.63) is 82.0 Å². The Morgan fingerprint density at radius 3 is 2.35 bits per heavy atom. The fraction of sp³-hybridized carbons (Fsp3) is 0.386. The minimum atomic E-state index is -0.848. The van der Waals surface area contributed by atoms with Crippen LogP contribution < -0.4 is 30.4 Å². The van der Waals surface area contributed by atoms with E-state index in [1.165, 1.54) is 30.1 Å². The third kappa shape index (κ3) is 10.3. The number of aldehydes is 1. The summed E-state index contributed by atoms with van der Waals surface area (Å²) in [6.45, 7) is 2.71. The number of piperazine rings is 1. The van der Waals surface area contributed by atoms with E-state index in [4.69, 9.17) is 24.1 Å². The molecule has 3 aliphatic rings. The molecule has 2 aromatic heterocycles. The number of aromatic nitrogens is 2. The normalized spacial score (nSPS) is 18.3. The Balaban J connectivity index is 0.00000214. The molecule has 3 fully saturated rings. The van der Waals surface area contributed by atoms with Crippen molar-refractivity contribution in [1.29, 1.82) is 0 Å². The first-order chi connectivity index (χ1) is 30.3. The molecule has 3 atom stereocenters. The SMILES string of the molecule is COc1cc(-c2cn(C)c(=O)c3cnccc23)cc(OC)c1CN1CCN(C(=O)C2CC2CNC(=O)COc2ccc(C(=O)N(C)C3CCC(=O)NC3=O)c(C=O)c2)CC1.O=CO. The third-order valence-electron chi connectivity index (χ3n) is 11.5. The number of hydrogen-bond donors (Lipinski definition) is 3. The van der Waals surface area contributed by atoms with Gasteiger partial charge in [-0.1, -0.05) is 0 Å². The number of hydrogen-bond acceptors (Lipinski definition) is 13. The molecule has 3 N–H and O–H groups in total. The van der Waals surface area contributed by atoms with Crippen molar-refractivity contribution in [2.75, 3.05) is 60.6 Å². The molecule has 1 aliphatic carbocycles. The lowest BCUT2D eigenvalue weighted by molar-refractivity contribution is -0.137. The molecule has 5 amide bonds. The number of nitrogens with zero attached hydrogens (tertiary/aromatic N) is 5. The molecule has 19 heteroatoms. The van der Waals surface area contributed by atoms with Crippen LogP contribution in [-0.4, -0.2) is 138 Å². The van der Waals surface area contributed by atoms with Crippen LogP contribution >= 0.6 is 0 Å². The lowest BCUT2D eigenvalue weighted by atomic mass is 9.99. The number of carbonyl (C=O) groups excluding carboxylic acids is 6. The van der Waals surface area contributed by atoms with E-state index in [-0.39, 0.29) is 66.1 Å². The van der Waals surface area contributed by atoms with E-state index in [0.717, 1.165) is 22.1 Å². The molecular weight excluding hydrogens is 819 g/mol. The minimum absolute atomic E-state index is 0.0141. The molecule has 1 saturated carbocycles. The van der Waals surface area contributed by atoms with E-state index in [0.29, 0.717) is 68.9 Å². The highest BCUT2D eigenvalue weighted by Crippen LogP contribution is 2.40. The standard InChI is InChI=1S/C43H47N7O10.CH2O2/c1-47-21-33(30-9-10-44-20-32(30)41(47)55)25-17-36(58-3)34(37(18-25)59-4)22-49-11-13-50(14-12-49)43(57)31-16-26(31)19-45-39(53)24-60-28-5-6-29(27(15-28)23-51)42(56)48(2)35-7-8-38(52)46-40(35)54;2-1-3/h5-6,9-10,15,17-18,20-21,23,26,31,35H,7-8,11-14,16,19,22,24H2,1-4H3,(H,45,53)(H,46,52,54);1H,(H,2,3). The van der Waals surface area contributed by atoms with Gasteiger partial charge in [-0.2, -0.15) is 0 Å². The number of piperidine rings is 1. The molecule has 63 heavy (non-hydrogen) atoms. The molecule has 0 radical (unpaired) electrons.